The fourth-order valence-corrected chi connectivity index (χ4v) is 3.21. The monoisotopic (exact) mass is 418 g/mol. The number of hydrogen-bond acceptors (Lipinski definition) is 5. The molecule has 7 nitrogen and oxygen atoms in total. The van der Waals surface area contributed by atoms with Gasteiger partial charge in [-0.15, -0.1) is 0 Å². The lowest BCUT2D eigenvalue weighted by Crippen LogP contribution is -2.29. The number of benzene rings is 2. The predicted molar refractivity (Wildman–Crippen MR) is 118 cm³/mol. The van der Waals surface area contributed by atoms with Crippen LogP contribution in [0, 0.1) is 12.7 Å². The van der Waals surface area contributed by atoms with Crippen molar-refractivity contribution in [3.63, 3.8) is 0 Å². The molecule has 2 aromatic heterocycles. The minimum atomic E-state index is -0.438. The lowest BCUT2D eigenvalue weighted by molar-refractivity contribution is 0.0954. The standard InChI is InChI=1S/C23H23FN6O/c1-3-20-28-21(25-11-12-26-23(31)16-5-4-6-17(24)13-16)19-14-27-30(22(19)29-20)18-9-7-15(2)8-10-18/h4-10,13-14H,3,11-12H2,1-2H3,(H,26,31)(H,25,28,29). The summed E-state index contributed by atoms with van der Waals surface area (Å²) in [5.41, 5.74) is 3.11. The van der Waals surface area contributed by atoms with Crippen molar-refractivity contribution >= 4 is 22.8 Å². The molecule has 2 heterocycles. The lowest BCUT2D eigenvalue weighted by Gasteiger charge is -2.10. The average molecular weight is 418 g/mol. The third-order valence-corrected chi connectivity index (χ3v) is 4.86. The van der Waals surface area contributed by atoms with Crippen LogP contribution in [-0.4, -0.2) is 38.7 Å². The van der Waals surface area contributed by atoms with Gasteiger partial charge < -0.3 is 10.6 Å². The average Bonchev–Trinajstić information content (AvgIpc) is 3.21. The van der Waals surface area contributed by atoms with Crippen molar-refractivity contribution < 1.29 is 9.18 Å². The van der Waals surface area contributed by atoms with E-state index < -0.39 is 5.82 Å². The van der Waals surface area contributed by atoms with Crippen LogP contribution in [0.1, 0.15) is 28.7 Å². The molecular formula is C23H23FN6O. The molecule has 158 valence electrons. The van der Waals surface area contributed by atoms with E-state index in [0.717, 1.165) is 16.7 Å². The first kappa shape index (κ1) is 20.5. The van der Waals surface area contributed by atoms with Gasteiger partial charge >= 0.3 is 0 Å². The van der Waals surface area contributed by atoms with Crippen molar-refractivity contribution in [2.75, 3.05) is 18.4 Å². The van der Waals surface area contributed by atoms with Gasteiger partial charge in [0.25, 0.3) is 5.91 Å². The van der Waals surface area contributed by atoms with Crippen molar-refractivity contribution in [3.8, 4) is 5.69 Å². The molecule has 4 aromatic rings. The SMILES string of the molecule is CCc1nc(NCCNC(=O)c2cccc(F)c2)c2cnn(-c3ccc(C)cc3)c2n1. The maximum absolute atomic E-state index is 13.3. The molecule has 0 spiro atoms. The number of fused-ring (bicyclic) bond motifs is 1. The van der Waals surface area contributed by atoms with Crippen LogP contribution in [0.4, 0.5) is 10.2 Å². The Morgan fingerprint density at radius 3 is 2.65 bits per heavy atom. The Hall–Kier alpha value is -3.81. The summed E-state index contributed by atoms with van der Waals surface area (Å²) in [6.07, 6.45) is 2.42. The Balaban J connectivity index is 1.49. The van der Waals surface area contributed by atoms with Crippen LogP contribution >= 0.6 is 0 Å². The quantitative estimate of drug-likeness (QED) is 0.448. The molecule has 2 aromatic carbocycles. The Labute approximate surface area is 179 Å². The number of hydrogen-bond donors (Lipinski definition) is 2. The maximum Gasteiger partial charge on any atom is 0.251 e. The maximum atomic E-state index is 13.3. The third kappa shape index (κ3) is 4.53. The van der Waals surface area contributed by atoms with Crippen molar-refractivity contribution in [3.05, 3.63) is 77.5 Å². The summed E-state index contributed by atoms with van der Waals surface area (Å²) < 4.78 is 15.1. The number of carbonyl (C=O) groups is 1. The normalized spacial score (nSPS) is 10.9. The molecule has 8 heteroatoms. The Morgan fingerprint density at radius 2 is 1.90 bits per heavy atom. The summed E-state index contributed by atoms with van der Waals surface area (Å²) in [5, 5.41) is 11.3. The highest BCUT2D eigenvalue weighted by atomic mass is 19.1. The second-order valence-electron chi connectivity index (χ2n) is 7.16. The molecule has 31 heavy (non-hydrogen) atoms. The first-order valence-electron chi connectivity index (χ1n) is 10.1. The lowest BCUT2D eigenvalue weighted by atomic mass is 10.2. The fourth-order valence-electron chi connectivity index (χ4n) is 3.21. The molecule has 0 atom stereocenters. The molecule has 0 fully saturated rings. The molecule has 4 rings (SSSR count). The number of carbonyl (C=O) groups excluding carboxylic acids is 1. The Kier molecular flexibility index (Phi) is 5.88. The molecule has 0 unspecified atom stereocenters. The fraction of sp³-hybridized carbons (Fsp3) is 0.217. The van der Waals surface area contributed by atoms with E-state index in [9.17, 15) is 9.18 Å². The zero-order chi connectivity index (χ0) is 21.8. The molecule has 0 radical (unpaired) electrons. The first-order chi connectivity index (χ1) is 15.0. The molecule has 0 saturated heterocycles. The van der Waals surface area contributed by atoms with Gasteiger partial charge in [-0.1, -0.05) is 30.7 Å². The van der Waals surface area contributed by atoms with Crippen molar-refractivity contribution in [2.24, 2.45) is 0 Å². The molecule has 2 N–H and O–H groups in total. The number of nitrogens with zero attached hydrogens (tertiary/aromatic N) is 4. The van der Waals surface area contributed by atoms with Gasteiger partial charge in [-0.2, -0.15) is 5.10 Å². The molecule has 0 saturated carbocycles. The largest absolute Gasteiger partial charge is 0.368 e. The molecular weight excluding hydrogens is 395 g/mol. The van der Waals surface area contributed by atoms with Gasteiger partial charge in [-0.3, -0.25) is 4.79 Å². The third-order valence-electron chi connectivity index (χ3n) is 4.86. The van der Waals surface area contributed by atoms with Gasteiger partial charge in [-0.25, -0.2) is 19.0 Å². The number of aromatic nitrogens is 4. The summed E-state index contributed by atoms with van der Waals surface area (Å²) in [5.74, 6) is 0.607. The van der Waals surface area contributed by atoms with Crippen LogP contribution in [0.5, 0.6) is 0 Å². The molecule has 0 bridgehead atoms. The summed E-state index contributed by atoms with van der Waals surface area (Å²) >= 11 is 0. The number of anilines is 1. The van der Waals surface area contributed by atoms with Gasteiger partial charge in [0.05, 0.1) is 17.3 Å². The van der Waals surface area contributed by atoms with E-state index in [-0.39, 0.29) is 11.5 Å². The first-order valence-corrected chi connectivity index (χ1v) is 10.1. The molecule has 0 aliphatic heterocycles. The van der Waals surface area contributed by atoms with E-state index in [1.165, 1.54) is 23.8 Å². The molecule has 0 aliphatic rings. The number of halogens is 1. The topological polar surface area (TPSA) is 84.7 Å². The van der Waals surface area contributed by atoms with Crippen LogP contribution < -0.4 is 10.6 Å². The van der Waals surface area contributed by atoms with Gasteiger partial charge in [0.2, 0.25) is 0 Å². The van der Waals surface area contributed by atoms with Gasteiger partial charge in [0, 0.05) is 25.1 Å². The zero-order valence-electron chi connectivity index (χ0n) is 17.4. The second-order valence-corrected chi connectivity index (χ2v) is 7.16. The van der Waals surface area contributed by atoms with Crippen molar-refractivity contribution in [1.82, 2.24) is 25.1 Å². The summed E-state index contributed by atoms with van der Waals surface area (Å²) in [6, 6.07) is 13.7. The van der Waals surface area contributed by atoms with Crippen LogP contribution in [0.15, 0.2) is 54.7 Å². The second kappa shape index (κ2) is 8.91. The molecule has 0 aliphatic carbocycles. The number of rotatable bonds is 7. The van der Waals surface area contributed by atoms with Gasteiger partial charge in [-0.05, 0) is 37.3 Å². The minimum Gasteiger partial charge on any atom is -0.368 e. The highest BCUT2D eigenvalue weighted by molar-refractivity contribution is 5.94. The van der Waals surface area contributed by atoms with E-state index >= 15 is 0 Å². The van der Waals surface area contributed by atoms with E-state index in [0.29, 0.717) is 31.2 Å². The Bertz CT molecular complexity index is 1220. The zero-order valence-corrected chi connectivity index (χ0v) is 17.4. The molecule has 1 amide bonds. The van der Waals surface area contributed by atoms with Crippen molar-refractivity contribution in [1.29, 1.82) is 0 Å². The van der Waals surface area contributed by atoms with E-state index in [1.807, 2.05) is 38.1 Å². The summed E-state index contributed by atoms with van der Waals surface area (Å²) in [6.45, 7) is 4.84. The summed E-state index contributed by atoms with van der Waals surface area (Å²) in [7, 11) is 0. The number of aryl methyl sites for hydroxylation is 2. The minimum absolute atomic E-state index is 0.289. The Morgan fingerprint density at radius 1 is 1.10 bits per heavy atom. The van der Waals surface area contributed by atoms with E-state index in [1.54, 1.807) is 16.9 Å². The highest BCUT2D eigenvalue weighted by Crippen LogP contribution is 2.23. The predicted octanol–water partition coefficient (Wildman–Crippen LogP) is 3.67. The van der Waals surface area contributed by atoms with E-state index in [2.05, 4.69) is 25.7 Å². The van der Waals surface area contributed by atoms with Crippen LogP contribution in [-0.2, 0) is 6.42 Å². The smallest absolute Gasteiger partial charge is 0.251 e. The van der Waals surface area contributed by atoms with Crippen LogP contribution in [0.25, 0.3) is 16.7 Å². The number of nitrogens with one attached hydrogen (secondary N) is 2. The van der Waals surface area contributed by atoms with Gasteiger partial charge in [0.1, 0.15) is 17.5 Å². The van der Waals surface area contributed by atoms with E-state index in [4.69, 9.17) is 0 Å². The van der Waals surface area contributed by atoms with Crippen LogP contribution in [0.2, 0.25) is 0 Å². The van der Waals surface area contributed by atoms with Crippen molar-refractivity contribution in [2.45, 2.75) is 20.3 Å². The highest BCUT2D eigenvalue weighted by Gasteiger charge is 2.14. The van der Waals surface area contributed by atoms with Crippen LogP contribution in [0.3, 0.4) is 0 Å². The summed E-state index contributed by atoms with van der Waals surface area (Å²) in [4.78, 5) is 21.4. The number of amides is 1. The van der Waals surface area contributed by atoms with Gasteiger partial charge in [0.15, 0.2) is 5.65 Å².